The number of hydrogen-bond acceptors (Lipinski definition) is 5. The average Bonchev–Trinajstić information content (AvgIpc) is 2.86. The molecule has 2 rings (SSSR count). The minimum atomic E-state index is 0.209. The van der Waals surface area contributed by atoms with Crippen molar-refractivity contribution in [1.82, 2.24) is 20.1 Å². The lowest BCUT2D eigenvalue weighted by molar-refractivity contribution is 0.318. The van der Waals surface area contributed by atoms with E-state index in [2.05, 4.69) is 15.4 Å². The Bertz CT molecular complexity index is 658. The van der Waals surface area contributed by atoms with E-state index >= 15 is 0 Å². The van der Waals surface area contributed by atoms with Crippen molar-refractivity contribution in [3.63, 3.8) is 0 Å². The number of ether oxygens (including phenoxy) is 1. The summed E-state index contributed by atoms with van der Waals surface area (Å²) in [6.07, 6.45) is 0.889. The molecule has 0 fully saturated rings. The Morgan fingerprint density at radius 2 is 2.29 bits per heavy atom. The fraction of sp³-hybridized carbons (Fsp3) is 0.308. The van der Waals surface area contributed by atoms with E-state index in [1.807, 2.05) is 6.92 Å². The van der Waals surface area contributed by atoms with Gasteiger partial charge in [0.25, 0.3) is 0 Å². The molecular weight excluding hydrogens is 310 g/mol. The third-order valence-corrected chi connectivity index (χ3v) is 3.30. The molecule has 2 aromatic rings. The molecule has 8 heteroatoms. The van der Waals surface area contributed by atoms with Crippen molar-refractivity contribution in [1.29, 1.82) is 0 Å². The molecule has 21 heavy (non-hydrogen) atoms. The minimum Gasteiger partial charge on any atom is -0.493 e. The van der Waals surface area contributed by atoms with Crippen molar-refractivity contribution in [2.45, 2.75) is 13.3 Å². The molecule has 0 saturated heterocycles. The van der Waals surface area contributed by atoms with Crippen LogP contribution in [0.3, 0.4) is 0 Å². The maximum Gasteiger partial charge on any atom is 0.226 e. The van der Waals surface area contributed by atoms with Crippen molar-refractivity contribution in [3.05, 3.63) is 23.2 Å². The molecule has 0 amide bonds. The Morgan fingerprint density at radius 1 is 1.52 bits per heavy atom. The Morgan fingerprint density at radius 3 is 2.95 bits per heavy atom. The summed E-state index contributed by atoms with van der Waals surface area (Å²) in [6, 6.07) is 5.29. The summed E-state index contributed by atoms with van der Waals surface area (Å²) in [5, 5.41) is 8.07. The van der Waals surface area contributed by atoms with Gasteiger partial charge in [0.15, 0.2) is 10.9 Å². The van der Waals surface area contributed by atoms with Gasteiger partial charge in [0.05, 0.1) is 12.2 Å². The van der Waals surface area contributed by atoms with Gasteiger partial charge < -0.3 is 15.8 Å². The zero-order valence-corrected chi connectivity index (χ0v) is 13.3. The van der Waals surface area contributed by atoms with Gasteiger partial charge in [0.2, 0.25) is 5.95 Å². The third-order valence-electron chi connectivity index (χ3n) is 2.68. The van der Waals surface area contributed by atoms with Gasteiger partial charge in [-0.3, -0.25) is 0 Å². The smallest absolute Gasteiger partial charge is 0.226 e. The van der Waals surface area contributed by atoms with Crippen molar-refractivity contribution in [2.24, 2.45) is 0 Å². The van der Waals surface area contributed by atoms with Crippen LogP contribution in [0, 0.1) is 0 Å². The van der Waals surface area contributed by atoms with Crippen LogP contribution in [0.25, 0.3) is 11.4 Å². The SMILES string of the molecule is CCCOc1cc(Cl)ccc1-c1nc(N)n(C(=S)NC)n1. The third kappa shape index (κ3) is 3.43. The summed E-state index contributed by atoms with van der Waals surface area (Å²) in [7, 11) is 1.70. The summed E-state index contributed by atoms with van der Waals surface area (Å²) >= 11 is 11.1. The van der Waals surface area contributed by atoms with Gasteiger partial charge in [-0.2, -0.15) is 9.67 Å². The number of nitrogens with zero attached hydrogens (tertiary/aromatic N) is 3. The van der Waals surface area contributed by atoms with E-state index < -0.39 is 0 Å². The lowest BCUT2D eigenvalue weighted by atomic mass is 10.2. The van der Waals surface area contributed by atoms with Crippen LogP contribution in [0.4, 0.5) is 5.95 Å². The van der Waals surface area contributed by atoms with Crippen LogP contribution in [0.5, 0.6) is 5.75 Å². The Kier molecular flexibility index (Phi) is 4.98. The van der Waals surface area contributed by atoms with Gasteiger partial charge in [-0.1, -0.05) is 18.5 Å². The molecule has 1 heterocycles. The van der Waals surface area contributed by atoms with Gasteiger partial charge in [0, 0.05) is 12.1 Å². The number of thiocarbonyl (C=S) groups is 1. The predicted molar refractivity (Wildman–Crippen MR) is 87.7 cm³/mol. The normalized spacial score (nSPS) is 10.4. The first-order valence-corrected chi connectivity index (χ1v) is 7.22. The number of halogens is 1. The first-order valence-electron chi connectivity index (χ1n) is 6.44. The summed E-state index contributed by atoms with van der Waals surface area (Å²) in [4.78, 5) is 4.23. The van der Waals surface area contributed by atoms with Crippen LogP contribution >= 0.6 is 23.8 Å². The number of hydrogen-bond donors (Lipinski definition) is 2. The minimum absolute atomic E-state index is 0.209. The molecular formula is C13H16ClN5OS. The highest BCUT2D eigenvalue weighted by molar-refractivity contribution is 7.80. The van der Waals surface area contributed by atoms with E-state index in [0.29, 0.717) is 28.3 Å². The maximum atomic E-state index is 6.01. The molecule has 1 aromatic heterocycles. The van der Waals surface area contributed by atoms with Crippen molar-refractivity contribution in [3.8, 4) is 17.1 Å². The molecule has 0 aliphatic rings. The zero-order chi connectivity index (χ0) is 15.4. The van der Waals surface area contributed by atoms with E-state index in [1.165, 1.54) is 4.68 Å². The first kappa shape index (κ1) is 15.5. The van der Waals surface area contributed by atoms with Gasteiger partial charge in [-0.15, -0.1) is 5.10 Å². The monoisotopic (exact) mass is 325 g/mol. The Hall–Kier alpha value is -1.86. The van der Waals surface area contributed by atoms with Crippen LogP contribution in [0.1, 0.15) is 13.3 Å². The highest BCUT2D eigenvalue weighted by Crippen LogP contribution is 2.31. The topological polar surface area (TPSA) is 78.0 Å². The van der Waals surface area contributed by atoms with Crippen LogP contribution < -0.4 is 15.8 Å². The number of anilines is 1. The lowest BCUT2D eigenvalue weighted by Gasteiger charge is -2.09. The number of nitrogens with one attached hydrogen (secondary N) is 1. The van der Waals surface area contributed by atoms with Crippen molar-refractivity contribution < 1.29 is 4.74 Å². The molecule has 0 saturated carbocycles. The van der Waals surface area contributed by atoms with Crippen LogP contribution in [-0.2, 0) is 0 Å². The van der Waals surface area contributed by atoms with Crippen molar-refractivity contribution >= 4 is 34.9 Å². The fourth-order valence-corrected chi connectivity index (χ4v) is 2.00. The van der Waals surface area contributed by atoms with E-state index in [0.717, 1.165) is 12.0 Å². The lowest BCUT2D eigenvalue weighted by Crippen LogP contribution is -2.26. The highest BCUT2D eigenvalue weighted by atomic mass is 35.5. The second kappa shape index (κ2) is 6.73. The number of rotatable bonds is 4. The summed E-state index contributed by atoms with van der Waals surface area (Å²) in [5.74, 6) is 1.27. The molecule has 0 bridgehead atoms. The van der Waals surface area contributed by atoms with Crippen LogP contribution in [-0.4, -0.2) is 33.5 Å². The molecule has 0 atom stereocenters. The molecule has 0 aliphatic carbocycles. The molecule has 6 nitrogen and oxygen atoms in total. The molecule has 0 radical (unpaired) electrons. The number of benzene rings is 1. The van der Waals surface area contributed by atoms with E-state index in [-0.39, 0.29) is 5.95 Å². The number of nitrogen functional groups attached to an aromatic ring is 1. The summed E-state index contributed by atoms with van der Waals surface area (Å²) in [6.45, 7) is 2.61. The molecule has 0 aliphatic heterocycles. The van der Waals surface area contributed by atoms with Gasteiger partial charge in [-0.05, 0) is 36.8 Å². The quantitative estimate of drug-likeness (QED) is 0.840. The molecule has 0 spiro atoms. The Balaban J connectivity index is 2.44. The van der Waals surface area contributed by atoms with Gasteiger partial charge in [0.1, 0.15) is 5.75 Å². The van der Waals surface area contributed by atoms with Crippen LogP contribution in [0.15, 0.2) is 18.2 Å². The largest absolute Gasteiger partial charge is 0.493 e. The molecule has 0 unspecified atom stereocenters. The van der Waals surface area contributed by atoms with E-state index in [9.17, 15) is 0 Å². The second-order valence-corrected chi connectivity index (χ2v) is 5.07. The van der Waals surface area contributed by atoms with Crippen LogP contribution in [0.2, 0.25) is 5.02 Å². The predicted octanol–water partition coefficient (Wildman–Crippen LogP) is 2.32. The second-order valence-electron chi connectivity index (χ2n) is 4.25. The van der Waals surface area contributed by atoms with Crippen molar-refractivity contribution in [2.75, 3.05) is 19.4 Å². The summed E-state index contributed by atoms with van der Waals surface area (Å²) in [5.41, 5.74) is 6.55. The Labute approximate surface area is 133 Å². The average molecular weight is 326 g/mol. The molecule has 112 valence electrons. The molecule has 3 N–H and O–H groups in total. The number of nitrogens with two attached hydrogens (primary N) is 1. The van der Waals surface area contributed by atoms with E-state index in [1.54, 1.807) is 25.2 Å². The fourth-order valence-electron chi connectivity index (χ4n) is 1.71. The zero-order valence-electron chi connectivity index (χ0n) is 11.8. The number of aromatic nitrogens is 3. The van der Waals surface area contributed by atoms with E-state index in [4.69, 9.17) is 34.3 Å². The highest BCUT2D eigenvalue weighted by Gasteiger charge is 2.16. The van der Waals surface area contributed by atoms with Gasteiger partial charge in [-0.25, -0.2) is 0 Å². The maximum absolute atomic E-state index is 6.01. The first-order chi connectivity index (χ1) is 10.1. The van der Waals surface area contributed by atoms with Gasteiger partial charge >= 0.3 is 0 Å². The molecule has 1 aromatic carbocycles. The standard InChI is InChI=1S/C13H16ClN5OS/c1-3-6-20-10-7-8(14)4-5-9(10)11-17-12(15)19(18-11)13(21)16-2/h4-5,7H,3,6H2,1-2H3,(H,16,21)(H2,15,17,18). The summed E-state index contributed by atoms with van der Waals surface area (Å²) < 4.78 is 7.06.